The molecule has 1 aromatic heterocycles. The van der Waals surface area contributed by atoms with Crippen LogP contribution in [0.25, 0.3) is 0 Å². The molecule has 0 radical (unpaired) electrons. The summed E-state index contributed by atoms with van der Waals surface area (Å²) in [4.78, 5) is 6.57. The normalized spacial score (nSPS) is 26.0. The minimum Gasteiger partial charge on any atom is -0.373 e. The Balaban J connectivity index is 1.92. The summed E-state index contributed by atoms with van der Waals surface area (Å²) in [6.45, 7) is 5.71. The van der Waals surface area contributed by atoms with Crippen molar-refractivity contribution in [2.75, 3.05) is 19.6 Å². The lowest BCUT2D eigenvalue weighted by Gasteiger charge is -2.36. The second-order valence-corrected chi connectivity index (χ2v) is 4.70. The molecule has 0 spiro atoms. The molecule has 2 heterocycles. The van der Waals surface area contributed by atoms with Crippen LogP contribution in [0.4, 0.5) is 0 Å². The first-order valence-corrected chi connectivity index (χ1v) is 6.24. The number of morpholine rings is 1. The van der Waals surface area contributed by atoms with Gasteiger partial charge in [0.1, 0.15) is 0 Å². The van der Waals surface area contributed by atoms with Gasteiger partial charge in [-0.15, -0.1) is 0 Å². The summed E-state index contributed by atoms with van der Waals surface area (Å²) in [5, 5.41) is 0. The van der Waals surface area contributed by atoms with E-state index in [4.69, 9.17) is 10.5 Å². The number of aromatic nitrogens is 1. The summed E-state index contributed by atoms with van der Waals surface area (Å²) in [5.74, 6) is 0. The molecule has 0 aliphatic carbocycles. The van der Waals surface area contributed by atoms with E-state index < -0.39 is 0 Å². The van der Waals surface area contributed by atoms with Crippen LogP contribution in [0.5, 0.6) is 0 Å². The number of rotatable bonds is 4. The van der Waals surface area contributed by atoms with Crippen LogP contribution in [0, 0.1) is 0 Å². The van der Waals surface area contributed by atoms with Gasteiger partial charge in [-0.25, -0.2) is 0 Å². The minimum atomic E-state index is 0.278. The summed E-state index contributed by atoms with van der Waals surface area (Å²) in [5.41, 5.74) is 6.85. The predicted molar refractivity (Wildman–Crippen MR) is 67.5 cm³/mol. The van der Waals surface area contributed by atoms with Gasteiger partial charge in [-0.05, 0) is 31.5 Å². The van der Waals surface area contributed by atoms with Gasteiger partial charge >= 0.3 is 0 Å². The predicted octanol–water partition coefficient (Wildman–Crippen LogP) is 1.02. The van der Waals surface area contributed by atoms with Crippen molar-refractivity contribution in [1.29, 1.82) is 0 Å². The highest BCUT2D eigenvalue weighted by molar-refractivity contribution is 5.08. The van der Waals surface area contributed by atoms with Crippen LogP contribution in [0.15, 0.2) is 24.5 Å². The van der Waals surface area contributed by atoms with Gasteiger partial charge in [0.25, 0.3) is 0 Å². The van der Waals surface area contributed by atoms with E-state index in [1.54, 1.807) is 0 Å². The lowest BCUT2D eigenvalue weighted by Crippen LogP contribution is -2.46. The second-order valence-electron chi connectivity index (χ2n) is 4.70. The highest BCUT2D eigenvalue weighted by Crippen LogP contribution is 2.15. The molecule has 0 bridgehead atoms. The van der Waals surface area contributed by atoms with E-state index >= 15 is 0 Å². The molecule has 1 aromatic rings. The Morgan fingerprint density at radius 3 is 3.12 bits per heavy atom. The smallest absolute Gasteiger partial charge is 0.0718 e. The zero-order valence-electron chi connectivity index (χ0n) is 10.4. The number of ether oxygens (including phenoxy) is 1. The molecular formula is C13H21N3O. The third-order valence-electron chi connectivity index (χ3n) is 3.02. The maximum absolute atomic E-state index is 5.86. The van der Waals surface area contributed by atoms with Gasteiger partial charge < -0.3 is 10.5 Å². The van der Waals surface area contributed by atoms with E-state index in [-0.39, 0.29) is 12.2 Å². The van der Waals surface area contributed by atoms with Crippen molar-refractivity contribution >= 4 is 0 Å². The number of nitrogens with two attached hydrogens (primary N) is 1. The summed E-state index contributed by atoms with van der Waals surface area (Å²) in [7, 11) is 0. The zero-order valence-corrected chi connectivity index (χ0v) is 10.4. The van der Waals surface area contributed by atoms with Crippen LogP contribution < -0.4 is 5.73 Å². The molecule has 1 aliphatic rings. The van der Waals surface area contributed by atoms with E-state index in [0.717, 1.165) is 26.1 Å². The molecule has 2 unspecified atom stereocenters. The molecule has 4 heteroatoms. The monoisotopic (exact) mass is 235 g/mol. The van der Waals surface area contributed by atoms with Crippen molar-refractivity contribution in [2.45, 2.75) is 32.1 Å². The first kappa shape index (κ1) is 12.5. The van der Waals surface area contributed by atoms with Gasteiger partial charge in [0, 0.05) is 32.0 Å². The average molecular weight is 235 g/mol. The van der Waals surface area contributed by atoms with Crippen molar-refractivity contribution in [1.82, 2.24) is 9.88 Å². The van der Waals surface area contributed by atoms with Crippen LogP contribution in [-0.2, 0) is 11.3 Å². The van der Waals surface area contributed by atoms with Gasteiger partial charge in [-0.1, -0.05) is 6.07 Å². The molecule has 1 aliphatic heterocycles. The van der Waals surface area contributed by atoms with Crippen molar-refractivity contribution in [3.8, 4) is 0 Å². The third kappa shape index (κ3) is 3.77. The van der Waals surface area contributed by atoms with Gasteiger partial charge in [0.15, 0.2) is 0 Å². The fraction of sp³-hybridized carbons (Fsp3) is 0.615. The molecule has 0 amide bonds. The first-order valence-electron chi connectivity index (χ1n) is 6.24. The van der Waals surface area contributed by atoms with Crippen LogP contribution >= 0.6 is 0 Å². The lowest BCUT2D eigenvalue weighted by atomic mass is 10.1. The summed E-state index contributed by atoms with van der Waals surface area (Å²) in [6.07, 6.45) is 5.24. The molecule has 94 valence electrons. The molecule has 1 saturated heterocycles. The van der Waals surface area contributed by atoms with E-state index in [9.17, 15) is 0 Å². The van der Waals surface area contributed by atoms with E-state index in [1.165, 1.54) is 5.56 Å². The molecule has 2 rings (SSSR count). The van der Waals surface area contributed by atoms with Crippen molar-refractivity contribution in [2.24, 2.45) is 5.73 Å². The topological polar surface area (TPSA) is 51.4 Å². The van der Waals surface area contributed by atoms with E-state index in [2.05, 4.69) is 22.9 Å². The molecule has 2 atom stereocenters. The fourth-order valence-electron chi connectivity index (χ4n) is 2.36. The molecule has 17 heavy (non-hydrogen) atoms. The highest BCUT2D eigenvalue weighted by Gasteiger charge is 2.24. The molecule has 1 fully saturated rings. The Morgan fingerprint density at radius 1 is 1.53 bits per heavy atom. The maximum atomic E-state index is 5.86. The summed E-state index contributed by atoms with van der Waals surface area (Å²) in [6, 6.07) is 4.10. The summed E-state index contributed by atoms with van der Waals surface area (Å²) < 4.78 is 5.86. The molecule has 4 nitrogen and oxygen atoms in total. The third-order valence-corrected chi connectivity index (χ3v) is 3.02. The van der Waals surface area contributed by atoms with E-state index in [1.807, 2.05) is 18.5 Å². The van der Waals surface area contributed by atoms with Gasteiger partial charge in [0.05, 0.1) is 12.2 Å². The minimum absolute atomic E-state index is 0.278. The highest BCUT2D eigenvalue weighted by atomic mass is 16.5. The number of pyridine rings is 1. The lowest BCUT2D eigenvalue weighted by molar-refractivity contribution is -0.0809. The van der Waals surface area contributed by atoms with E-state index in [0.29, 0.717) is 6.54 Å². The zero-order chi connectivity index (χ0) is 12.1. The van der Waals surface area contributed by atoms with Crippen LogP contribution in [0.2, 0.25) is 0 Å². The van der Waals surface area contributed by atoms with Crippen LogP contribution in [-0.4, -0.2) is 41.7 Å². The van der Waals surface area contributed by atoms with Gasteiger partial charge in [0.2, 0.25) is 0 Å². The molecular weight excluding hydrogens is 214 g/mol. The maximum Gasteiger partial charge on any atom is 0.0718 e. The largest absolute Gasteiger partial charge is 0.373 e. The van der Waals surface area contributed by atoms with Gasteiger partial charge in [-0.2, -0.15) is 0 Å². The van der Waals surface area contributed by atoms with Crippen LogP contribution in [0.1, 0.15) is 18.9 Å². The molecule has 2 N–H and O–H groups in total. The number of hydrogen-bond donors (Lipinski definition) is 1. The quantitative estimate of drug-likeness (QED) is 0.846. The number of hydrogen-bond acceptors (Lipinski definition) is 4. The first-order chi connectivity index (χ1) is 8.28. The SMILES string of the molecule is CC1CN(Cc2cccnc2)CC(CCN)O1. The second kappa shape index (κ2) is 6.10. The number of nitrogens with zero attached hydrogens (tertiary/aromatic N) is 2. The Labute approximate surface area is 103 Å². The standard InChI is InChI=1S/C13H21N3O/c1-11-8-16(10-13(17-11)4-5-14)9-12-3-2-6-15-7-12/h2-3,6-7,11,13H,4-5,8-10,14H2,1H3. The Hall–Kier alpha value is -0.970. The Morgan fingerprint density at radius 2 is 2.41 bits per heavy atom. The van der Waals surface area contributed by atoms with Gasteiger partial charge in [-0.3, -0.25) is 9.88 Å². The van der Waals surface area contributed by atoms with Crippen LogP contribution in [0.3, 0.4) is 0 Å². The molecule has 0 aromatic carbocycles. The van der Waals surface area contributed by atoms with Crippen molar-refractivity contribution in [3.63, 3.8) is 0 Å². The fourth-order valence-corrected chi connectivity index (χ4v) is 2.36. The van der Waals surface area contributed by atoms with Crippen molar-refractivity contribution < 1.29 is 4.74 Å². The Kier molecular flexibility index (Phi) is 4.48. The van der Waals surface area contributed by atoms with Crippen molar-refractivity contribution in [3.05, 3.63) is 30.1 Å². The average Bonchev–Trinajstić information content (AvgIpc) is 2.30. The Bertz CT molecular complexity index is 331. The summed E-state index contributed by atoms with van der Waals surface area (Å²) >= 11 is 0. The molecule has 0 saturated carbocycles.